The van der Waals surface area contributed by atoms with Gasteiger partial charge in [0, 0.05) is 5.56 Å². The third-order valence-electron chi connectivity index (χ3n) is 6.12. The van der Waals surface area contributed by atoms with E-state index in [-0.39, 0.29) is 33.7 Å². The van der Waals surface area contributed by atoms with Crippen LogP contribution in [0.3, 0.4) is 0 Å². The number of rotatable bonds is 9. The minimum Gasteiger partial charge on any atom is -0.507 e. The van der Waals surface area contributed by atoms with Crippen molar-refractivity contribution < 1.29 is 38.8 Å². The second-order valence-electron chi connectivity index (χ2n) is 9.46. The summed E-state index contributed by atoms with van der Waals surface area (Å²) in [5.41, 5.74) is 0.826. The van der Waals surface area contributed by atoms with Gasteiger partial charge in [-0.3, -0.25) is 14.5 Å². The third-order valence-corrected chi connectivity index (χ3v) is 7.25. The Morgan fingerprint density at radius 3 is 2.45 bits per heavy atom. The van der Waals surface area contributed by atoms with Crippen LogP contribution in [-0.2, 0) is 14.3 Å². The van der Waals surface area contributed by atoms with Crippen LogP contribution < -0.4 is 14.4 Å². The molecule has 1 unspecified atom stereocenters. The summed E-state index contributed by atoms with van der Waals surface area (Å²) in [6.07, 6.45) is 0. The van der Waals surface area contributed by atoms with Crippen LogP contribution in [0.1, 0.15) is 53.3 Å². The Hall–Kier alpha value is -4.38. The van der Waals surface area contributed by atoms with Gasteiger partial charge < -0.3 is 24.4 Å². The third kappa shape index (κ3) is 5.50. The topological polar surface area (TPSA) is 135 Å². The number of nitrogens with zero attached hydrogens (tertiary/aromatic N) is 2. The number of ketones is 1. The van der Waals surface area contributed by atoms with Gasteiger partial charge in [0.15, 0.2) is 16.6 Å². The molecule has 1 aromatic heterocycles. The number of hydrogen-bond donors (Lipinski definition) is 2. The fourth-order valence-electron chi connectivity index (χ4n) is 4.21. The molecule has 11 heteroatoms. The molecule has 0 saturated carbocycles. The Labute approximate surface area is 235 Å². The predicted molar refractivity (Wildman–Crippen MR) is 149 cm³/mol. The number of benzene rings is 2. The number of phenolic OH excluding ortho intramolecular Hbond substituents is 1. The van der Waals surface area contributed by atoms with Crippen molar-refractivity contribution in [2.75, 3.05) is 25.2 Å². The summed E-state index contributed by atoms with van der Waals surface area (Å²) in [4.78, 5) is 44.9. The van der Waals surface area contributed by atoms with Crippen molar-refractivity contribution >= 4 is 39.9 Å². The van der Waals surface area contributed by atoms with Crippen molar-refractivity contribution in [3.8, 4) is 17.2 Å². The van der Waals surface area contributed by atoms with Crippen molar-refractivity contribution in [1.29, 1.82) is 0 Å². The number of aliphatic hydroxyl groups excluding tert-OH is 1. The summed E-state index contributed by atoms with van der Waals surface area (Å²) in [5, 5.41) is 21.7. The van der Waals surface area contributed by atoms with E-state index in [1.54, 1.807) is 38.1 Å². The molecule has 1 fully saturated rings. The Balaban J connectivity index is 1.87. The highest BCUT2D eigenvalue weighted by Gasteiger charge is 2.48. The first-order valence-corrected chi connectivity index (χ1v) is 13.4. The minimum atomic E-state index is -1.13. The van der Waals surface area contributed by atoms with Gasteiger partial charge >= 0.3 is 11.9 Å². The van der Waals surface area contributed by atoms with Crippen LogP contribution in [0.25, 0.3) is 5.76 Å². The summed E-state index contributed by atoms with van der Waals surface area (Å²) in [6.45, 7) is 8.17. The molecule has 1 amide bonds. The number of hydrogen-bond acceptors (Lipinski definition) is 10. The molecule has 0 radical (unpaired) electrons. The number of amides is 1. The molecule has 4 rings (SSSR count). The fraction of sp³-hybridized carbons (Fsp3) is 0.310. The molecule has 1 aliphatic rings. The molecule has 2 N–H and O–H groups in total. The number of phenols is 1. The van der Waals surface area contributed by atoms with Gasteiger partial charge in [-0.15, -0.1) is 0 Å². The van der Waals surface area contributed by atoms with Gasteiger partial charge in [0.05, 0.1) is 37.6 Å². The van der Waals surface area contributed by atoms with Crippen molar-refractivity contribution in [3.63, 3.8) is 0 Å². The van der Waals surface area contributed by atoms with Gasteiger partial charge in [-0.25, -0.2) is 9.78 Å². The standard InChI is InChI=1S/C29H30N2O8S/c1-6-38-21-13-18(9-12-20(21)32)23-22(24(33)17-7-10-19(11-8-17)39-14-15(2)3)25(34)27(35)31(23)29-30-16(4)26(40-29)28(36)37-5/h7-13,15,23,32-33H,6,14H2,1-5H3/b24-22+. The molecule has 40 heavy (non-hydrogen) atoms. The van der Waals surface area contributed by atoms with Crippen molar-refractivity contribution in [1.82, 2.24) is 4.98 Å². The normalized spacial score (nSPS) is 16.4. The lowest BCUT2D eigenvalue weighted by atomic mass is 9.95. The van der Waals surface area contributed by atoms with Crippen LogP contribution >= 0.6 is 11.3 Å². The van der Waals surface area contributed by atoms with E-state index in [0.29, 0.717) is 35.1 Å². The van der Waals surface area contributed by atoms with E-state index in [2.05, 4.69) is 4.98 Å². The number of aliphatic hydroxyl groups is 1. The van der Waals surface area contributed by atoms with Gasteiger partial charge in [0.25, 0.3) is 5.78 Å². The summed E-state index contributed by atoms with van der Waals surface area (Å²) in [6, 6.07) is 9.81. The van der Waals surface area contributed by atoms with E-state index in [9.17, 15) is 24.6 Å². The highest BCUT2D eigenvalue weighted by atomic mass is 32.1. The lowest BCUT2D eigenvalue weighted by Gasteiger charge is -2.23. The molecule has 1 atom stereocenters. The first kappa shape index (κ1) is 28.6. The van der Waals surface area contributed by atoms with E-state index in [1.165, 1.54) is 25.3 Å². The van der Waals surface area contributed by atoms with Gasteiger partial charge in [0.2, 0.25) is 0 Å². The van der Waals surface area contributed by atoms with Gasteiger partial charge in [-0.2, -0.15) is 0 Å². The molecule has 10 nitrogen and oxygen atoms in total. The van der Waals surface area contributed by atoms with Crippen LogP contribution in [0.5, 0.6) is 17.2 Å². The maximum atomic E-state index is 13.5. The number of aromatic hydroxyl groups is 1. The number of thiazole rings is 1. The number of ether oxygens (including phenoxy) is 3. The zero-order valence-corrected chi connectivity index (χ0v) is 23.6. The average molecular weight is 567 g/mol. The molecule has 1 aliphatic heterocycles. The first-order chi connectivity index (χ1) is 19.1. The number of methoxy groups -OCH3 is 1. The smallest absolute Gasteiger partial charge is 0.350 e. The maximum absolute atomic E-state index is 13.5. The van der Waals surface area contributed by atoms with Gasteiger partial charge in [-0.05, 0) is 61.7 Å². The number of Topliss-reactive ketones (excluding diaryl/α,β-unsaturated/α-hetero) is 1. The van der Waals surface area contributed by atoms with Crippen LogP contribution in [0.2, 0.25) is 0 Å². The van der Waals surface area contributed by atoms with Crippen molar-refractivity contribution in [2.24, 2.45) is 5.92 Å². The van der Waals surface area contributed by atoms with Gasteiger partial charge in [-0.1, -0.05) is 31.3 Å². The van der Waals surface area contributed by atoms with E-state index >= 15 is 0 Å². The molecular formula is C29H30N2O8S. The van der Waals surface area contributed by atoms with Crippen LogP contribution in [0, 0.1) is 12.8 Å². The SMILES string of the molecule is CCOc1cc(C2/C(=C(\O)c3ccc(OCC(C)C)cc3)C(=O)C(=O)N2c2nc(C)c(C(=O)OC)s2)ccc1O. The Morgan fingerprint density at radius 2 is 1.82 bits per heavy atom. The lowest BCUT2D eigenvalue weighted by Crippen LogP contribution is -2.29. The number of aromatic nitrogens is 1. The number of esters is 1. The van der Waals surface area contributed by atoms with Crippen LogP contribution in [0.4, 0.5) is 5.13 Å². The van der Waals surface area contributed by atoms with Gasteiger partial charge in [0.1, 0.15) is 16.4 Å². The highest BCUT2D eigenvalue weighted by Crippen LogP contribution is 2.45. The predicted octanol–water partition coefficient (Wildman–Crippen LogP) is 5.00. The van der Waals surface area contributed by atoms with Crippen molar-refractivity contribution in [3.05, 3.63) is 69.7 Å². The second-order valence-corrected chi connectivity index (χ2v) is 10.4. The zero-order chi connectivity index (χ0) is 29.1. The van der Waals surface area contributed by atoms with E-state index in [1.807, 2.05) is 13.8 Å². The highest BCUT2D eigenvalue weighted by molar-refractivity contribution is 7.17. The van der Waals surface area contributed by atoms with E-state index in [4.69, 9.17) is 14.2 Å². The molecule has 3 aromatic rings. The molecule has 2 aromatic carbocycles. The average Bonchev–Trinajstić information content (AvgIpc) is 3.44. The first-order valence-electron chi connectivity index (χ1n) is 12.6. The Kier molecular flexibility index (Phi) is 8.43. The molecule has 0 aliphatic carbocycles. The summed E-state index contributed by atoms with van der Waals surface area (Å²) in [7, 11) is 1.23. The summed E-state index contributed by atoms with van der Waals surface area (Å²) >= 11 is 0.896. The van der Waals surface area contributed by atoms with Crippen LogP contribution in [-0.4, -0.2) is 53.2 Å². The number of carbonyl (C=O) groups excluding carboxylic acids is 3. The number of anilines is 1. The lowest BCUT2D eigenvalue weighted by molar-refractivity contribution is -0.132. The zero-order valence-electron chi connectivity index (χ0n) is 22.8. The Bertz CT molecular complexity index is 1480. The molecule has 0 bridgehead atoms. The summed E-state index contributed by atoms with van der Waals surface area (Å²) < 4.78 is 16.1. The number of aryl methyl sites for hydroxylation is 1. The molecule has 2 heterocycles. The maximum Gasteiger partial charge on any atom is 0.350 e. The van der Waals surface area contributed by atoms with E-state index < -0.39 is 29.5 Å². The fourth-order valence-corrected chi connectivity index (χ4v) is 5.22. The Morgan fingerprint density at radius 1 is 1.12 bits per heavy atom. The van der Waals surface area contributed by atoms with Crippen molar-refractivity contribution in [2.45, 2.75) is 33.7 Å². The monoisotopic (exact) mass is 566 g/mol. The van der Waals surface area contributed by atoms with E-state index in [0.717, 1.165) is 16.2 Å². The number of carbonyl (C=O) groups is 3. The quantitative estimate of drug-likeness (QED) is 0.159. The molecule has 0 spiro atoms. The second kappa shape index (κ2) is 11.8. The summed E-state index contributed by atoms with van der Waals surface area (Å²) in [5.74, 6) is -1.95. The molecule has 1 saturated heterocycles. The minimum absolute atomic E-state index is 0.0764. The largest absolute Gasteiger partial charge is 0.507 e. The molecular weight excluding hydrogens is 536 g/mol. The molecule has 210 valence electrons. The van der Waals surface area contributed by atoms with Crippen LogP contribution in [0.15, 0.2) is 48.0 Å².